The zero-order chi connectivity index (χ0) is 11.4. The Hall–Kier alpha value is -1.22. The highest BCUT2D eigenvalue weighted by molar-refractivity contribution is 5.33. The number of hydrogen-bond acceptors (Lipinski definition) is 3. The molecule has 0 amide bonds. The monoisotopic (exact) mass is 220 g/mol. The Bertz CT molecular complexity index is 336. The van der Waals surface area contributed by atoms with Crippen molar-refractivity contribution in [1.29, 1.82) is 0 Å². The van der Waals surface area contributed by atoms with Gasteiger partial charge >= 0.3 is 0 Å². The van der Waals surface area contributed by atoms with Crippen molar-refractivity contribution >= 4 is 0 Å². The van der Waals surface area contributed by atoms with Crippen molar-refractivity contribution in [2.24, 2.45) is 5.73 Å². The van der Waals surface area contributed by atoms with Gasteiger partial charge in [-0.2, -0.15) is 0 Å². The van der Waals surface area contributed by atoms with Crippen molar-refractivity contribution < 1.29 is 4.74 Å². The summed E-state index contributed by atoms with van der Waals surface area (Å²) in [6, 6.07) is 0. The van der Waals surface area contributed by atoms with Crippen molar-refractivity contribution in [2.45, 2.75) is 19.8 Å². The topological polar surface area (TPSA) is 38.5 Å². The van der Waals surface area contributed by atoms with Gasteiger partial charge in [0.2, 0.25) is 0 Å². The number of hydrogen-bond donors (Lipinski definition) is 1. The molecule has 0 saturated carbocycles. The Morgan fingerprint density at radius 2 is 2.06 bits per heavy atom. The molecule has 0 unspecified atom stereocenters. The SMILES string of the molecule is CC1=C(N)/C=C(/N2CCOCC2)CC/C=C\1. The van der Waals surface area contributed by atoms with Crippen molar-refractivity contribution in [3.8, 4) is 0 Å². The van der Waals surface area contributed by atoms with Gasteiger partial charge in [-0.1, -0.05) is 12.2 Å². The highest BCUT2D eigenvalue weighted by Crippen LogP contribution is 2.19. The van der Waals surface area contributed by atoms with E-state index in [-0.39, 0.29) is 0 Å². The molecule has 0 aromatic heterocycles. The molecule has 3 heteroatoms. The summed E-state index contributed by atoms with van der Waals surface area (Å²) < 4.78 is 5.37. The molecule has 2 aliphatic rings. The maximum atomic E-state index is 6.04. The molecule has 0 bridgehead atoms. The number of morpholine rings is 1. The van der Waals surface area contributed by atoms with Gasteiger partial charge in [-0.25, -0.2) is 0 Å². The molecule has 0 radical (unpaired) electrons. The molecule has 1 heterocycles. The third-order valence-electron chi connectivity index (χ3n) is 3.13. The molecule has 1 aliphatic carbocycles. The van der Waals surface area contributed by atoms with Crippen molar-refractivity contribution in [2.75, 3.05) is 26.3 Å². The molecule has 3 nitrogen and oxygen atoms in total. The maximum Gasteiger partial charge on any atom is 0.0642 e. The van der Waals surface area contributed by atoms with Gasteiger partial charge in [-0.05, 0) is 31.4 Å². The lowest BCUT2D eigenvalue weighted by molar-refractivity contribution is 0.0521. The first kappa shape index (κ1) is 11.3. The van der Waals surface area contributed by atoms with Crippen LogP contribution in [-0.2, 0) is 4.74 Å². The van der Waals surface area contributed by atoms with E-state index in [1.165, 1.54) is 5.70 Å². The van der Waals surface area contributed by atoms with E-state index in [1.807, 2.05) is 0 Å². The van der Waals surface area contributed by atoms with E-state index in [1.54, 1.807) is 0 Å². The van der Waals surface area contributed by atoms with Crippen LogP contribution in [0.1, 0.15) is 19.8 Å². The quantitative estimate of drug-likeness (QED) is 0.732. The third kappa shape index (κ3) is 2.67. The maximum absolute atomic E-state index is 6.04. The second-order valence-electron chi connectivity index (χ2n) is 4.31. The van der Waals surface area contributed by atoms with Gasteiger partial charge in [-0.15, -0.1) is 0 Å². The molecule has 0 aromatic rings. The average molecular weight is 220 g/mol. The fourth-order valence-electron chi connectivity index (χ4n) is 2.05. The van der Waals surface area contributed by atoms with Crippen molar-refractivity contribution in [3.05, 3.63) is 35.2 Å². The molecular formula is C13H20N2O. The van der Waals surface area contributed by atoms with Crippen LogP contribution in [0, 0.1) is 0 Å². The standard InChI is InChI=1S/C13H20N2O/c1-11-4-2-3-5-12(10-13(11)14)15-6-8-16-9-7-15/h2,4,10H,3,5-9,14H2,1H3/b4-2-,12-10+,13-11+. The summed E-state index contributed by atoms with van der Waals surface area (Å²) in [5.41, 5.74) is 9.43. The summed E-state index contributed by atoms with van der Waals surface area (Å²) in [6.07, 6.45) is 8.61. The van der Waals surface area contributed by atoms with Crippen LogP contribution in [0.2, 0.25) is 0 Å². The third-order valence-corrected chi connectivity index (χ3v) is 3.13. The lowest BCUT2D eigenvalue weighted by Crippen LogP contribution is -2.35. The van der Waals surface area contributed by atoms with Gasteiger partial charge in [0.1, 0.15) is 0 Å². The second kappa shape index (κ2) is 5.21. The molecule has 16 heavy (non-hydrogen) atoms. The minimum atomic E-state index is 0.829. The summed E-state index contributed by atoms with van der Waals surface area (Å²) in [4.78, 5) is 2.39. The first-order valence-corrected chi connectivity index (χ1v) is 5.93. The number of ether oxygens (including phenoxy) is 1. The number of nitrogens with two attached hydrogens (primary N) is 1. The Morgan fingerprint density at radius 3 is 2.81 bits per heavy atom. The number of rotatable bonds is 1. The molecule has 0 aromatic carbocycles. The summed E-state index contributed by atoms with van der Waals surface area (Å²) in [5.74, 6) is 0. The molecule has 0 spiro atoms. The Kier molecular flexibility index (Phi) is 3.67. The molecule has 1 fully saturated rings. The molecule has 0 atom stereocenters. The fraction of sp³-hybridized carbons (Fsp3) is 0.538. The summed E-state index contributed by atoms with van der Waals surface area (Å²) >= 11 is 0. The van der Waals surface area contributed by atoms with Gasteiger partial charge in [-0.3, -0.25) is 0 Å². The predicted molar refractivity (Wildman–Crippen MR) is 65.7 cm³/mol. The molecule has 2 N–H and O–H groups in total. The Labute approximate surface area is 97.3 Å². The van der Waals surface area contributed by atoms with E-state index in [9.17, 15) is 0 Å². The lowest BCUT2D eigenvalue weighted by Gasteiger charge is -2.31. The van der Waals surface area contributed by atoms with Gasteiger partial charge in [0.25, 0.3) is 0 Å². The van der Waals surface area contributed by atoms with Crippen molar-refractivity contribution in [3.63, 3.8) is 0 Å². The van der Waals surface area contributed by atoms with E-state index >= 15 is 0 Å². The normalized spacial score (nSPS) is 32.6. The van der Waals surface area contributed by atoms with E-state index < -0.39 is 0 Å². The number of allylic oxidation sites excluding steroid dienone is 5. The Morgan fingerprint density at radius 1 is 1.31 bits per heavy atom. The molecule has 88 valence electrons. The summed E-state index contributed by atoms with van der Waals surface area (Å²) in [7, 11) is 0. The number of nitrogens with zero attached hydrogens (tertiary/aromatic N) is 1. The van der Waals surface area contributed by atoms with E-state index in [0.29, 0.717) is 0 Å². The second-order valence-corrected chi connectivity index (χ2v) is 4.31. The first-order valence-electron chi connectivity index (χ1n) is 5.93. The first-order chi connectivity index (χ1) is 7.77. The lowest BCUT2D eigenvalue weighted by atomic mass is 10.1. The van der Waals surface area contributed by atoms with Crippen LogP contribution in [0.5, 0.6) is 0 Å². The molecule has 1 aliphatic heterocycles. The van der Waals surface area contributed by atoms with Crippen LogP contribution in [0.4, 0.5) is 0 Å². The summed E-state index contributed by atoms with van der Waals surface area (Å²) in [5, 5.41) is 0. The zero-order valence-electron chi connectivity index (χ0n) is 9.91. The minimum absolute atomic E-state index is 0.829. The van der Waals surface area contributed by atoms with Crippen LogP contribution < -0.4 is 5.73 Å². The minimum Gasteiger partial charge on any atom is -0.398 e. The van der Waals surface area contributed by atoms with Crippen LogP contribution >= 0.6 is 0 Å². The van der Waals surface area contributed by atoms with Crippen LogP contribution in [0.15, 0.2) is 35.2 Å². The van der Waals surface area contributed by atoms with Gasteiger partial charge in [0, 0.05) is 24.5 Å². The van der Waals surface area contributed by atoms with Crippen LogP contribution in [0.3, 0.4) is 0 Å². The van der Waals surface area contributed by atoms with Crippen LogP contribution in [-0.4, -0.2) is 31.2 Å². The largest absolute Gasteiger partial charge is 0.398 e. The highest BCUT2D eigenvalue weighted by Gasteiger charge is 2.14. The molecular weight excluding hydrogens is 200 g/mol. The fourth-order valence-corrected chi connectivity index (χ4v) is 2.05. The smallest absolute Gasteiger partial charge is 0.0642 e. The van der Waals surface area contributed by atoms with Crippen molar-refractivity contribution in [1.82, 2.24) is 4.90 Å². The highest BCUT2D eigenvalue weighted by atomic mass is 16.5. The molecule has 1 saturated heterocycles. The van der Waals surface area contributed by atoms with Gasteiger partial charge in [0.15, 0.2) is 0 Å². The van der Waals surface area contributed by atoms with Gasteiger partial charge in [0.05, 0.1) is 13.2 Å². The van der Waals surface area contributed by atoms with Crippen LogP contribution in [0.25, 0.3) is 0 Å². The predicted octanol–water partition coefficient (Wildman–Crippen LogP) is 1.79. The van der Waals surface area contributed by atoms with E-state index in [2.05, 4.69) is 30.1 Å². The van der Waals surface area contributed by atoms with E-state index in [4.69, 9.17) is 10.5 Å². The zero-order valence-corrected chi connectivity index (χ0v) is 9.91. The summed E-state index contributed by atoms with van der Waals surface area (Å²) in [6.45, 7) is 5.69. The van der Waals surface area contributed by atoms with E-state index in [0.717, 1.165) is 50.4 Å². The average Bonchev–Trinajstić information content (AvgIpc) is 2.31. The molecule has 2 rings (SSSR count). The van der Waals surface area contributed by atoms with Gasteiger partial charge < -0.3 is 15.4 Å². The Balaban J connectivity index is 2.16.